The summed E-state index contributed by atoms with van der Waals surface area (Å²) in [4.78, 5) is 3.88. The van der Waals surface area contributed by atoms with Crippen LogP contribution in [0.3, 0.4) is 0 Å². The predicted octanol–water partition coefficient (Wildman–Crippen LogP) is 2.48. The third-order valence-electron chi connectivity index (χ3n) is 2.71. The fourth-order valence-electron chi connectivity index (χ4n) is 1.51. The van der Waals surface area contributed by atoms with Gasteiger partial charge in [-0.15, -0.1) is 0 Å². The summed E-state index contributed by atoms with van der Waals surface area (Å²) in [5.41, 5.74) is 0. The zero-order valence-corrected chi connectivity index (χ0v) is 12.6. The molecule has 5 nitrogen and oxygen atoms in total. The van der Waals surface area contributed by atoms with Crippen LogP contribution in [-0.2, 0) is 10.0 Å². The van der Waals surface area contributed by atoms with Crippen molar-refractivity contribution in [3.8, 4) is 0 Å². The molecule has 0 atom stereocenters. The van der Waals surface area contributed by atoms with Gasteiger partial charge in [-0.25, -0.2) is 17.7 Å². The van der Waals surface area contributed by atoms with Gasteiger partial charge in [-0.3, -0.25) is 0 Å². The Balaban J connectivity index is 2.86. The van der Waals surface area contributed by atoms with E-state index in [2.05, 4.69) is 10.3 Å². The zero-order valence-electron chi connectivity index (χ0n) is 11.8. The minimum absolute atomic E-state index is 0.0826. The van der Waals surface area contributed by atoms with Gasteiger partial charge in [0.25, 0.3) is 0 Å². The van der Waals surface area contributed by atoms with Crippen LogP contribution in [0.2, 0.25) is 0 Å². The normalized spacial score (nSPS) is 12.7. The van der Waals surface area contributed by atoms with Crippen LogP contribution in [0.15, 0.2) is 23.2 Å². The summed E-state index contributed by atoms with van der Waals surface area (Å²) in [6, 6.07) is 2.58. The van der Waals surface area contributed by atoms with Crippen LogP contribution in [0.5, 0.6) is 0 Å². The average Bonchev–Trinajstić information content (AvgIpc) is 2.42. The Morgan fingerprint density at radius 3 is 2.62 bits per heavy atom. The molecule has 0 spiro atoms. The van der Waals surface area contributed by atoms with Gasteiger partial charge in [0.2, 0.25) is 10.0 Å². The number of hydrogen-bond acceptors (Lipinski definition) is 4. The number of aromatic nitrogens is 1. The van der Waals surface area contributed by atoms with E-state index in [1.165, 1.54) is 18.3 Å². The van der Waals surface area contributed by atoms with Crippen molar-refractivity contribution < 1.29 is 21.6 Å². The van der Waals surface area contributed by atoms with Gasteiger partial charge in [-0.1, -0.05) is 6.92 Å². The molecule has 0 unspecified atom stereocenters. The molecule has 21 heavy (non-hydrogen) atoms. The van der Waals surface area contributed by atoms with E-state index in [9.17, 15) is 21.6 Å². The third kappa shape index (κ3) is 5.50. The van der Waals surface area contributed by atoms with Crippen LogP contribution < -0.4 is 5.32 Å². The first kappa shape index (κ1) is 17.7. The number of rotatable bonds is 7. The molecule has 0 amide bonds. The number of anilines is 1. The Hall–Kier alpha value is -1.35. The van der Waals surface area contributed by atoms with Gasteiger partial charge in [0.05, 0.1) is 11.3 Å². The molecular weight excluding hydrogens is 307 g/mol. The van der Waals surface area contributed by atoms with Crippen LogP contribution in [0.1, 0.15) is 19.8 Å². The van der Waals surface area contributed by atoms with Gasteiger partial charge >= 0.3 is 6.18 Å². The summed E-state index contributed by atoms with van der Waals surface area (Å²) in [6.07, 6.45) is -3.43. The highest BCUT2D eigenvalue weighted by Gasteiger charge is 2.30. The Labute approximate surface area is 122 Å². The molecule has 0 aromatic carbocycles. The Morgan fingerprint density at radius 1 is 1.38 bits per heavy atom. The van der Waals surface area contributed by atoms with E-state index in [1.807, 2.05) is 6.92 Å². The van der Waals surface area contributed by atoms with Crippen molar-refractivity contribution in [2.24, 2.45) is 0 Å². The molecule has 0 bridgehead atoms. The molecule has 1 aromatic heterocycles. The molecule has 120 valence electrons. The smallest absolute Gasteiger partial charge is 0.370 e. The fourth-order valence-corrected chi connectivity index (χ4v) is 2.69. The maximum Gasteiger partial charge on any atom is 0.390 e. The molecule has 0 aliphatic rings. The van der Waals surface area contributed by atoms with E-state index in [0.717, 1.165) is 13.5 Å². The van der Waals surface area contributed by atoms with E-state index in [0.29, 0.717) is 16.7 Å². The van der Waals surface area contributed by atoms with Gasteiger partial charge < -0.3 is 5.32 Å². The Bertz CT molecular complexity index is 561. The number of pyridine rings is 1. The number of hydrogen-bond donors (Lipinski definition) is 1. The molecule has 1 aromatic rings. The summed E-state index contributed by atoms with van der Waals surface area (Å²) < 4.78 is 61.6. The van der Waals surface area contributed by atoms with Gasteiger partial charge in [0.1, 0.15) is 5.82 Å². The highest BCUT2D eigenvalue weighted by Crippen LogP contribution is 2.22. The summed E-state index contributed by atoms with van der Waals surface area (Å²) in [5.74, 6) is 0.377. The van der Waals surface area contributed by atoms with Gasteiger partial charge in [-0.2, -0.15) is 13.2 Å². The number of sulfonamides is 1. The van der Waals surface area contributed by atoms with Crippen molar-refractivity contribution in [1.82, 2.24) is 9.29 Å². The second-order valence-electron chi connectivity index (χ2n) is 4.50. The largest absolute Gasteiger partial charge is 0.390 e. The molecule has 0 saturated carbocycles. The monoisotopic (exact) mass is 325 g/mol. The Kier molecular flexibility index (Phi) is 5.97. The number of halogens is 3. The van der Waals surface area contributed by atoms with Crippen molar-refractivity contribution in [1.29, 1.82) is 0 Å². The van der Waals surface area contributed by atoms with Crippen LogP contribution in [0.4, 0.5) is 19.0 Å². The SMILES string of the molecule is CCCNc1cc(S(=O)(=O)N(C)CCC(F)(F)F)ccn1. The van der Waals surface area contributed by atoms with Crippen molar-refractivity contribution >= 4 is 15.8 Å². The highest BCUT2D eigenvalue weighted by molar-refractivity contribution is 7.89. The highest BCUT2D eigenvalue weighted by atomic mass is 32.2. The maximum atomic E-state index is 12.2. The molecule has 9 heteroatoms. The third-order valence-corrected chi connectivity index (χ3v) is 4.56. The van der Waals surface area contributed by atoms with Crippen molar-refractivity contribution in [3.05, 3.63) is 18.3 Å². The van der Waals surface area contributed by atoms with Crippen LogP contribution >= 0.6 is 0 Å². The molecule has 1 heterocycles. The summed E-state index contributed by atoms with van der Waals surface area (Å²) >= 11 is 0. The first-order chi connectivity index (χ1) is 9.66. The van der Waals surface area contributed by atoms with E-state index < -0.39 is 29.2 Å². The lowest BCUT2D eigenvalue weighted by Gasteiger charge is -2.18. The van der Waals surface area contributed by atoms with Crippen molar-refractivity contribution in [3.63, 3.8) is 0 Å². The molecule has 0 saturated heterocycles. The summed E-state index contributed by atoms with van der Waals surface area (Å²) in [7, 11) is -2.83. The number of nitrogens with zero attached hydrogens (tertiary/aromatic N) is 2. The van der Waals surface area contributed by atoms with Crippen LogP contribution in [0, 0.1) is 0 Å². The molecule has 0 fully saturated rings. The molecular formula is C12H18F3N3O2S. The quantitative estimate of drug-likeness (QED) is 0.836. The molecule has 0 radical (unpaired) electrons. The molecule has 0 aliphatic heterocycles. The van der Waals surface area contributed by atoms with Gasteiger partial charge in [0, 0.05) is 32.4 Å². The first-order valence-corrected chi connectivity index (χ1v) is 7.84. The second kappa shape index (κ2) is 7.08. The lowest BCUT2D eigenvalue weighted by molar-refractivity contribution is -0.135. The average molecular weight is 325 g/mol. The Morgan fingerprint density at radius 2 is 2.05 bits per heavy atom. The fraction of sp³-hybridized carbons (Fsp3) is 0.583. The van der Waals surface area contributed by atoms with Crippen LogP contribution in [0.25, 0.3) is 0 Å². The molecule has 1 N–H and O–H groups in total. The van der Waals surface area contributed by atoms with Gasteiger partial charge in [-0.05, 0) is 12.5 Å². The van der Waals surface area contributed by atoms with E-state index in [-0.39, 0.29) is 4.90 Å². The standard InChI is InChI=1S/C12H18F3N3O2S/c1-3-6-16-11-9-10(4-7-17-11)21(19,20)18(2)8-5-12(13,14)15/h4,7,9H,3,5-6,8H2,1-2H3,(H,16,17). The van der Waals surface area contributed by atoms with Crippen molar-refractivity contribution in [2.45, 2.75) is 30.8 Å². The molecule has 0 aliphatic carbocycles. The minimum atomic E-state index is -4.39. The zero-order chi connectivity index (χ0) is 16.1. The lowest BCUT2D eigenvalue weighted by Crippen LogP contribution is -2.30. The summed E-state index contributed by atoms with van der Waals surface area (Å²) in [5, 5.41) is 2.93. The number of alkyl halides is 3. The van der Waals surface area contributed by atoms with Crippen molar-refractivity contribution in [2.75, 3.05) is 25.5 Å². The maximum absolute atomic E-state index is 12.2. The van der Waals surface area contributed by atoms with Crippen LogP contribution in [-0.4, -0.2) is 44.0 Å². The summed E-state index contributed by atoms with van der Waals surface area (Å²) in [6.45, 7) is 1.95. The molecule has 1 rings (SSSR count). The van der Waals surface area contributed by atoms with E-state index in [1.54, 1.807) is 0 Å². The predicted molar refractivity (Wildman–Crippen MR) is 73.5 cm³/mol. The van der Waals surface area contributed by atoms with E-state index in [4.69, 9.17) is 0 Å². The second-order valence-corrected chi connectivity index (χ2v) is 6.54. The minimum Gasteiger partial charge on any atom is -0.370 e. The van der Waals surface area contributed by atoms with E-state index >= 15 is 0 Å². The lowest BCUT2D eigenvalue weighted by atomic mass is 10.4. The topological polar surface area (TPSA) is 62.3 Å². The number of nitrogens with one attached hydrogen (secondary N) is 1. The van der Waals surface area contributed by atoms with Gasteiger partial charge in [0.15, 0.2) is 0 Å². The first-order valence-electron chi connectivity index (χ1n) is 6.40.